The summed E-state index contributed by atoms with van der Waals surface area (Å²) in [6, 6.07) is 0. The zero-order valence-corrected chi connectivity index (χ0v) is 14.0. The lowest BCUT2D eigenvalue weighted by Crippen LogP contribution is -2.47. The molecule has 4 rings (SSSR count). The van der Waals surface area contributed by atoms with Crippen molar-refractivity contribution < 1.29 is 18.0 Å². The highest BCUT2D eigenvalue weighted by molar-refractivity contribution is 5.84. The Hall–Kier alpha value is -1.86. The van der Waals surface area contributed by atoms with Gasteiger partial charge in [-0.15, -0.1) is 0 Å². The molecule has 1 aromatic rings. The molecule has 0 bridgehead atoms. The molecule has 3 heterocycles. The van der Waals surface area contributed by atoms with Crippen LogP contribution in [0, 0.1) is 5.41 Å². The van der Waals surface area contributed by atoms with E-state index in [2.05, 4.69) is 15.3 Å². The number of nitrogens with one attached hydrogen (secondary N) is 1. The van der Waals surface area contributed by atoms with Gasteiger partial charge < -0.3 is 10.2 Å². The van der Waals surface area contributed by atoms with Gasteiger partial charge in [0.15, 0.2) is 5.69 Å². The fourth-order valence-corrected chi connectivity index (χ4v) is 4.32. The Morgan fingerprint density at radius 1 is 1.08 bits per heavy atom. The molecule has 1 N–H and O–H groups in total. The van der Waals surface area contributed by atoms with Gasteiger partial charge in [0, 0.05) is 30.9 Å². The molecule has 1 spiro atoms. The number of carbonyl (C=O) groups is 1. The number of aromatic nitrogens is 2. The van der Waals surface area contributed by atoms with E-state index < -0.39 is 17.3 Å². The van der Waals surface area contributed by atoms with Crippen molar-refractivity contribution in [2.75, 3.05) is 24.5 Å². The molecule has 0 unspecified atom stereocenters. The van der Waals surface area contributed by atoms with Crippen LogP contribution in [0.5, 0.6) is 0 Å². The number of carbonyl (C=O) groups excluding carboxylic acids is 1. The SMILES string of the molecule is O=C1NCCC[C@]12CCN(c1nc3c(c(C(F)(F)F)n1)CCCC3)C2. The van der Waals surface area contributed by atoms with Gasteiger partial charge in [-0.2, -0.15) is 13.2 Å². The van der Waals surface area contributed by atoms with Crippen molar-refractivity contribution in [1.29, 1.82) is 0 Å². The Bertz CT molecular complexity index is 706. The van der Waals surface area contributed by atoms with Crippen molar-refractivity contribution in [3.8, 4) is 0 Å². The van der Waals surface area contributed by atoms with Gasteiger partial charge in [-0.3, -0.25) is 4.79 Å². The van der Waals surface area contributed by atoms with E-state index in [1.165, 1.54) is 0 Å². The summed E-state index contributed by atoms with van der Waals surface area (Å²) in [4.78, 5) is 22.4. The summed E-state index contributed by atoms with van der Waals surface area (Å²) in [5.74, 6) is 0.137. The van der Waals surface area contributed by atoms with Crippen LogP contribution in [-0.2, 0) is 23.8 Å². The third kappa shape index (κ3) is 2.85. The van der Waals surface area contributed by atoms with Crippen LogP contribution in [0.3, 0.4) is 0 Å². The largest absolute Gasteiger partial charge is 0.433 e. The van der Waals surface area contributed by atoms with Crippen LogP contribution in [0.1, 0.15) is 49.1 Å². The second-order valence-electron chi connectivity index (χ2n) is 7.31. The van der Waals surface area contributed by atoms with Crippen molar-refractivity contribution in [2.45, 2.75) is 51.1 Å². The summed E-state index contributed by atoms with van der Waals surface area (Å²) in [5, 5.41) is 2.89. The van der Waals surface area contributed by atoms with Gasteiger partial charge in [-0.05, 0) is 44.9 Å². The number of nitrogens with zero attached hydrogens (tertiary/aromatic N) is 3. The molecule has 1 aliphatic carbocycles. The quantitative estimate of drug-likeness (QED) is 0.842. The van der Waals surface area contributed by atoms with E-state index in [1.54, 1.807) is 4.90 Å². The zero-order chi connectivity index (χ0) is 17.7. The fourth-order valence-electron chi connectivity index (χ4n) is 4.32. The molecule has 2 aliphatic heterocycles. The van der Waals surface area contributed by atoms with Gasteiger partial charge in [0.1, 0.15) is 0 Å². The van der Waals surface area contributed by atoms with Gasteiger partial charge in [-0.25, -0.2) is 9.97 Å². The van der Waals surface area contributed by atoms with Gasteiger partial charge in [-0.1, -0.05) is 0 Å². The van der Waals surface area contributed by atoms with Crippen LogP contribution < -0.4 is 10.2 Å². The van der Waals surface area contributed by atoms with E-state index in [-0.39, 0.29) is 17.4 Å². The molecular formula is C17H21F3N4O. The second-order valence-corrected chi connectivity index (χ2v) is 7.31. The number of anilines is 1. The van der Waals surface area contributed by atoms with E-state index in [0.29, 0.717) is 44.6 Å². The molecule has 1 amide bonds. The van der Waals surface area contributed by atoms with Crippen LogP contribution >= 0.6 is 0 Å². The third-order valence-electron chi connectivity index (χ3n) is 5.68. The molecule has 5 nitrogen and oxygen atoms in total. The van der Waals surface area contributed by atoms with Crippen molar-refractivity contribution in [2.24, 2.45) is 5.41 Å². The minimum absolute atomic E-state index is 0.00950. The van der Waals surface area contributed by atoms with Crippen molar-refractivity contribution in [3.63, 3.8) is 0 Å². The number of halogens is 3. The number of amides is 1. The van der Waals surface area contributed by atoms with Gasteiger partial charge in [0.25, 0.3) is 0 Å². The summed E-state index contributed by atoms with van der Waals surface area (Å²) >= 11 is 0. The lowest BCUT2D eigenvalue weighted by atomic mass is 9.79. The lowest BCUT2D eigenvalue weighted by Gasteiger charge is -2.32. The molecule has 1 atom stereocenters. The molecule has 136 valence electrons. The molecule has 2 saturated heterocycles. The summed E-state index contributed by atoms with van der Waals surface area (Å²) in [6.45, 7) is 1.59. The Balaban J connectivity index is 1.68. The topological polar surface area (TPSA) is 58.1 Å². The van der Waals surface area contributed by atoms with Crippen LogP contribution in [-0.4, -0.2) is 35.5 Å². The molecule has 2 fully saturated rings. The van der Waals surface area contributed by atoms with Crippen LogP contribution in [0.25, 0.3) is 0 Å². The lowest BCUT2D eigenvalue weighted by molar-refractivity contribution is -0.142. The number of fused-ring (bicyclic) bond motifs is 1. The van der Waals surface area contributed by atoms with Crippen molar-refractivity contribution in [1.82, 2.24) is 15.3 Å². The van der Waals surface area contributed by atoms with E-state index in [0.717, 1.165) is 25.7 Å². The second kappa shape index (κ2) is 5.85. The molecule has 1 aromatic heterocycles. The maximum atomic E-state index is 13.5. The standard InChI is InChI=1S/C17H21F3N4O/c18-17(19,20)13-11-4-1-2-5-12(11)22-15(23-13)24-9-7-16(10-24)6-3-8-21-14(16)25/h1-10H2,(H,21,25)/t16-/m1/s1. The number of aryl methyl sites for hydroxylation is 1. The minimum Gasteiger partial charge on any atom is -0.356 e. The molecule has 0 radical (unpaired) electrons. The smallest absolute Gasteiger partial charge is 0.356 e. The predicted molar refractivity (Wildman–Crippen MR) is 85.2 cm³/mol. The molecular weight excluding hydrogens is 333 g/mol. The van der Waals surface area contributed by atoms with Gasteiger partial charge in [0.2, 0.25) is 11.9 Å². The Morgan fingerprint density at radius 2 is 1.88 bits per heavy atom. The fraction of sp³-hybridized carbons (Fsp3) is 0.706. The predicted octanol–water partition coefficient (Wildman–Crippen LogP) is 2.48. The first-order chi connectivity index (χ1) is 11.9. The maximum Gasteiger partial charge on any atom is 0.433 e. The van der Waals surface area contributed by atoms with Crippen LogP contribution in [0.4, 0.5) is 19.1 Å². The zero-order valence-electron chi connectivity index (χ0n) is 14.0. The summed E-state index contributed by atoms with van der Waals surface area (Å²) < 4.78 is 40.4. The number of hydrogen-bond acceptors (Lipinski definition) is 4. The van der Waals surface area contributed by atoms with Gasteiger partial charge >= 0.3 is 6.18 Å². The highest BCUT2D eigenvalue weighted by atomic mass is 19.4. The van der Waals surface area contributed by atoms with Crippen LogP contribution in [0.2, 0.25) is 0 Å². The van der Waals surface area contributed by atoms with E-state index >= 15 is 0 Å². The summed E-state index contributed by atoms with van der Waals surface area (Å²) in [5.41, 5.74) is -0.513. The van der Waals surface area contributed by atoms with Crippen molar-refractivity contribution in [3.05, 3.63) is 17.0 Å². The normalized spacial score (nSPS) is 26.7. The Morgan fingerprint density at radius 3 is 2.64 bits per heavy atom. The van der Waals surface area contributed by atoms with Crippen molar-refractivity contribution >= 4 is 11.9 Å². The molecule has 3 aliphatic rings. The first kappa shape index (κ1) is 16.6. The first-order valence-electron chi connectivity index (χ1n) is 8.89. The van der Waals surface area contributed by atoms with Crippen LogP contribution in [0.15, 0.2) is 0 Å². The highest BCUT2D eigenvalue weighted by Crippen LogP contribution is 2.40. The maximum absolute atomic E-state index is 13.5. The average molecular weight is 354 g/mol. The Labute approximate surface area is 144 Å². The molecule has 0 aromatic carbocycles. The van der Waals surface area contributed by atoms with E-state index in [9.17, 15) is 18.0 Å². The monoisotopic (exact) mass is 354 g/mol. The summed E-state index contributed by atoms with van der Waals surface area (Å²) in [6.07, 6.45) is 0.382. The molecule has 8 heteroatoms. The molecule has 25 heavy (non-hydrogen) atoms. The minimum atomic E-state index is -4.47. The average Bonchev–Trinajstić information content (AvgIpc) is 3.01. The van der Waals surface area contributed by atoms with Gasteiger partial charge in [0.05, 0.1) is 5.41 Å². The first-order valence-corrected chi connectivity index (χ1v) is 8.89. The number of rotatable bonds is 1. The van der Waals surface area contributed by atoms with E-state index in [1.807, 2.05) is 0 Å². The summed E-state index contributed by atoms with van der Waals surface area (Å²) in [7, 11) is 0. The number of alkyl halides is 3. The molecule has 0 saturated carbocycles. The highest BCUT2D eigenvalue weighted by Gasteiger charge is 2.47. The number of hydrogen-bond donors (Lipinski definition) is 1. The Kier molecular flexibility index (Phi) is 3.88. The third-order valence-corrected chi connectivity index (χ3v) is 5.68. The number of piperidine rings is 1. The van der Waals surface area contributed by atoms with E-state index in [4.69, 9.17) is 0 Å².